The van der Waals surface area contributed by atoms with Gasteiger partial charge in [0.05, 0.1) is 12.2 Å². The van der Waals surface area contributed by atoms with E-state index in [1.54, 1.807) is 0 Å². The first-order valence-corrected chi connectivity index (χ1v) is 7.88. The number of nitrogens with zero attached hydrogens (tertiary/aromatic N) is 3. The Morgan fingerprint density at radius 1 is 1.29 bits per heavy atom. The molecular weight excluding hydrogens is 260 g/mol. The molecule has 2 heterocycles. The van der Waals surface area contributed by atoms with Crippen molar-refractivity contribution in [1.82, 2.24) is 9.78 Å². The molecular formula is C17H24N4. The van der Waals surface area contributed by atoms with Crippen LogP contribution in [0.3, 0.4) is 0 Å². The molecule has 1 aromatic carbocycles. The summed E-state index contributed by atoms with van der Waals surface area (Å²) >= 11 is 0. The molecule has 4 heteroatoms. The Hall–Kier alpha value is -1.81. The third kappa shape index (κ3) is 2.81. The van der Waals surface area contributed by atoms with Gasteiger partial charge in [0.2, 0.25) is 0 Å². The van der Waals surface area contributed by atoms with Crippen LogP contribution in [0.15, 0.2) is 36.5 Å². The average Bonchev–Trinajstić information content (AvgIpc) is 3.07. The van der Waals surface area contributed by atoms with Crippen LogP contribution in [-0.2, 0) is 13.1 Å². The summed E-state index contributed by atoms with van der Waals surface area (Å²) in [5.74, 6) is 0.564. The number of rotatable bonds is 6. The van der Waals surface area contributed by atoms with Crippen LogP contribution in [0.4, 0.5) is 5.69 Å². The summed E-state index contributed by atoms with van der Waals surface area (Å²) < 4.78 is 2.12. The van der Waals surface area contributed by atoms with Crippen molar-refractivity contribution in [2.75, 3.05) is 18.0 Å². The van der Waals surface area contributed by atoms with Crippen LogP contribution in [0.25, 0.3) is 0 Å². The monoisotopic (exact) mass is 284 g/mol. The summed E-state index contributed by atoms with van der Waals surface area (Å²) in [5, 5.41) is 4.43. The Bertz CT molecular complexity index is 590. The fourth-order valence-electron chi connectivity index (χ4n) is 3.28. The first-order valence-electron chi connectivity index (χ1n) is 7.88. The van der Waals surface area contributed by atoms with E-state index in [4.69, 9.17) is 5.73 Å². The Morgan fingerprint density at radius 2 is 2.14 bits per heavy atom. The van der Waals surface area contributed by atoms with Crippen LogP contribution in [0.5, 0.6) is 0 Å². The highest BCUT2D eigenvalue weighted by Gasteiger charge is 2.28. The topological polar surface area (TPSA) is 47.1 Å². The molecule has 2 aromatic rings. The first kappa shape index (κ1) is 14.1. The highest BCUT2D eigenvalue weighted by molar-refractivity contribution is 5.60. The Labute approximate surface area is 126 Å². The minimum absolute atomic E-state index is 0.564. The minimum atomic E-state index is 0.564. The van der Waals surface area contributed by atoms with Crippen molar-refractivity contribution in [3.05, 3.63) is 47.8 Å². The molecule has 0 spiro atoms. The summed E-state index contributed by atoms with van der Waals surface area (Å²) in [4.78, 5) is 2.47. The van der Waals surface area contributed by atoms with Crippen molar-refractivity contribution in [3.8, 4) is 0 Å². The van der Waals surface area contributed by atoms with E-state index in [1.165, 1.54) is 16.9 Å². The van der Waals surface area contributed by atoms with Crippen LogP contribution in [-0.4, -0.2) is 22.9 Å². The molecule has 112 valence electrons. The van der Waals surface area contributed by atoms with Crippen LogP contribution in [0.1, 0.15) is 36.9 Å². The summed E-state index contributed by atoms with van der Waals surface area (Å²) in [6.07, 6.45) is 4.08. The van der Waals surface area contributed by atoms with Gasteiger partial charge in [-0.15, -0.1) is 0 Å². The van der Waals surface area contributed by atoms with Crippen molar-refractivity contribution in [3.63, 3.8) is 0 Å². The normalized spacial score (nSPS) is 17.2. The predicted molar refractivity (Wildman–Crippen MR) is 86.4 cm³/mol. The zero-order chi connectivity index (χ0) is 14.7. The van der Waals surface area contributed by atoms with E-state index in [2.05, 4.69) is 51.9 Å². The highest BCUT2D eigenvalue weighted by atomic mass is 15.3. The molecule has 0 saturated heterocycles. The van der Waals surface area contributed by atoms with E-state index in [9.17, 15) is 0 Å². The molecule has 0 amide bonds. The van der Waals surface area contributed by atoms with Crippen molar-refractivity contribution >= 4 is 5.69 Å². The maximum Gasteiger partial charge on any atom is 0.0599 e. The Balaban J connectivity index is 1.82. The number of nitrogens with two attached hydrogens (primary N) is 1. The zero-order valence-electron chi connectivity index (χ0n) is 12.7. The summed E-state index contributed by atoms with van der Waals surface area (Å²) in [7, 11) is 0. The molecule has 1 aliphatic heterocycles. The smallest absolute Gasteiger partial charge is 0.0599 e. The molecule has 1 unspecified atom stereocenters. The van der Waals surface area contributed by atoms with Gasteiger partial charge in [-0.05, 0) is 37.1 Å². The van der Waals surface area contributed by atoms with Crippen LogP contribution in [0.2, 0.25) is 0 Å². The second kappa shape index (κ2) is 6.31. The molecule has 0 aliphatic carbocycles. The lowest BCUT2D eigenvalue weighted by Crippen LogP contribution is -2.24. The molecule has 0 fully saturated rings. The quantitative estimate of drug-likeness (QED) is 0.887. The summed E-state index contributed by atoms with van der Waals surface area (Å²) in [6, 6.07) is 10.9. The number of fused-ring (bicyclic) bond motifs is 1. The number of anilines is 1. The van der Waals surface area contributed by atoms with E-state index < -0.39 is 0 Å². The van der Waals surface area contributed by atoms with Gasteiger partial charge < -0.3 is 10.6 Å². The fourth-order valence-corrected chi connectivity index (χ4v) is 3.28. The molecule has 2 N–H and O–H groups in total. The lowest BCUT2D eigenvalue weighted by atomic mass is 9.98. The van der Waals surface area contributed by atoms with Gasteiger partial charge in [0.15, 0.2) is 0 Å². The van der Waals surface area contributed by atoms with Gasteiger partial charge in [0.25, 0.3) is 0 Å². The van der Waals surface area contributed by atoms with E-state index in [0.717, 1.165) is 39.0 Å². The van der Waals surface area contributed by atoms with Gasteiger partial charge >= 0.3 is 0 Å². The van der Waals surface area contributed by atoms with Crippen molar-refractivity contribution < 1.29 is 0 Å². The van der Waals surface area contributed by atoms with Crippen LogP contribution in [0, 0.1) is 0 Å². The maximum absolute atomic E-state index is 5.78. The lowest BCUT2D eigenvalue weighted by molar-refractivity contribution is 0.562. The second-order valence-electron chi connectivity index (χ2n) is 5.76. The standard InChI is InChI=1S/C17H24N4/c1-2-11-21-15(8-10-19-21)13-20-12-14(7-9-18)16-5-3-4-6-17(16)20/h3-6,8,10,14H,2,7,9,11-13,18H2,1H3. The molecule has 1 aliphatic rings. The number of hydrogen-bond acceptors (Lipinski definition) is 3. The first-order chi connectivity index (χ1) is 10.3. The van der Waals surface area contributed by atoms with E-state index in [-0.39, 0.29) is 0 Å². The lowest BCUT2D eigenvalue weighted by Gasteiger charge is -2.20. The highest BCUT2D eigenvalue weighted by Crippen LogP contribution is 2.38. The SMILES string of the molecule is CCCn1nccc1CN1CC(CCN)c2ccccc21. The molecule has 4 nitrogen and oxygen atoms in total. The van der Waals surface area contributed by atoms with Gasteiger partial charge in [-0.3, -0.25) is 4.68 Å². The maximum atomic E-state index is 5.78. The number of aromatic nitrogens is 2. The molecule has 0 saturated carbocycles. The number of benzene rings is 1. The third-order valence-corrected chi connectivity index (χ3v) is 4.27. The Morgan fingerprint density at radius 3 is 2.95 bits per heavy atom. The molecule has 1 aromatic heterocycles. The van der Waals surface area contributed by atoms with Gasteiger partial charge in [-0.25, -0.2) is 0 Å². The molecule has 1 atom stereocenters. The van der Waals surface area contributed by atoms with Gasteiger partial charge in [0, 0.05) is 30.9 Å². The van der Waals surface area contributed by atoms with Crippen LogP contribution < -0.4 is 10.6 Å². The number of aryl methyl sites for hydroxylation is 1. The molecule has 0 bridgehead atoms. The minimum Gasteiger partial charge on any atom is -0.365 e. The van der Waals surface area contributed by atoms with Crippen molar-refractivity contribution in [2.24, 2.45) is 5.73 Å². The second-order valence-corrected chi connectivity index (χ2v) is 5.76. The van der Waals surface area contributed by atoms with Gasteiger partial charge in [-0.2, -0.15) is 5.10 Å². The number of hydrogen-bond donors (Lipinski definition) is 1. The van der Waals surface area contributed by atoms with Gasteiger partial charge in [0.1, 0.15) is 0 Å². The number of para-hydroxylation sites is 1. The zero-order valence-corrected chi connectivity index (χ0v) is 12.7. The largest absolute Gasteiger partial charge is 0.365 e. The molecule has 0 radical (unpaired) electrons. The van der Waals surface area contributed by atoms with E-state index in [0.29, 0.717) is 5.92 Å². The summed E-state index contributed by atoms with van der Waals surface area (Å²) in [6.45, 7) is 5.92. The molecule has 3 rings (SSSR count). The third-order valence-electron chi connectivity index (χ3n) is 4.27. The van der Waals surface area contributed by atoms with Crippen LogP contribution >= 0.6 is 0 Å². The predicted octanol–water partition coefficient (Wildman–Crippen LogP) is 2.75. The molecule has 21 heavy (non-hydrogen) atoms. The van der Waals surface area contributed by atoms with Gasteiger partial charge in [-0.1, -0.05) is 25.1 Å². The van der Waals surface area contributed by atoms with Crippen molar-refractivity contribution in [1.29, 1.82) is 0 Å². The average molecular weight is 284 g/mol. The fraction of sp³-hybridized carbons (Fsp3) is 0.471. The Kier molecular flexibility index (Phi) is 4.25. The van der Waals surface area contributed by atoms with E-state index >= 15 is 0 Å². The summed E-state index contributed by atoms with van der Waals surface area (Å²) in [5.41, 5.74) is 9.88. The van der Waals surface area contributed by atoms with E-state index in [1.807, 2.05) is 6.20 Å². The van der Waals surface area contributed by atoms with Crippen molar-refractivity contribution in [2.45, 2.75) is 38.8 Å².